The zero-order valence-electron chi connectivity index (χ0n) is 20.0. The standard InChI is InChI=1S/C30H28FNO4/c1-20(11-12-21-7-3-2-4-8-21)36-28-25-10-6-5-9-23(25)15-18-26(28)29(33)32-27(30(34)35)19-22-13-16-24(31)17-14-22/h2-10,13-18,20,27H,11-12,19H2,1H3,(H,32,33)(H,34,35)/t20?,27-/m0/s1. The summed E-state index contributed by atoms with van der Waals surface area (Å²) < 4.78 is 19.6. The lowest BCUT2D eigenvalue weighted by Crippen LogP contribution is -2.42. The Hall–Kier alpha value is -4.19. The maximum atomic E-state index is 13.3. The molecule has 0 fully saturated rings. The zero-order chi connectivity index (χ0) is 25.5. The largest absolute Gasteiger partial charge is 0.489 e. The van der Waals surface area contributed by atoms with Gasteiger partial charge in [0.2, 0.25) is 0 Å². The van der Waals surface area contributed by atoms with Gasteiger partial charge in [-0.1, -0.05) is 72.8 Å². The number of carboxylic acid groups (broad SMARTS) is 1. The summed E-state index contributed by atoms with van der Waals surface area (Å²) >= 11 is 0. The number of hydrogen-bond donors (Lipinski definition) is 2. The quantitative estimate of drug-likeness (QED) is 0.298. The summed E-state index contributed by atoms with van der Waals surface area (Å²) in [6.45, 7) is 1.96. The van der Waals surface area contributed by atoms with Gasteiger partial charge in [-0.25, -0.2) is 9.18 Å². The average molecular weight is 486 g/mol. The van der Waals surface area contributed by atoms with E-state index in [1.54, 1.807) is 6.07 Å². The number of ether oxygens (including phenoxy) is 1. The highest BCUT2D eigenvalue weighted by molar-refractivity contribution is 6.04. The summed E-state index contributed by atoms with van der Waals surface area (Å²) in [6, 6.07) is 25.6. The van der Waals surface area contributed by atoms with E-state index in [-0.39, 0.29) is 18.1 Å². The summed E-state index contributed by atoms with van der Waals surface area (Å²) in [7, 11) is 0. The fourth-order valence-electron chi connectivity index (χ4n) is 4.12. The Morgan fingerprint density at radius 3 is 2.31 bits per heavy atom. The number of nitrogens with one attached hydrogen (secondary N) is 1. The van der Waals surface area contributed by atoms with E-state index >= 15 is 0 Å². The molecule has 0 heterocycles. The molecule has 2 atom stereocenters. The second-order valence-electron chi connectivity index (χ2n) is 8.81. The van der Waals surface area contributed by atoms with Crippen molar-refractivity contribution in [2.75, 3.05) is 0 Å². The molecule has 0 saturated heterocycles. The van der Waals surface area contributed by atoms with E-state index < -0.39 is 23.7 Å². The van der Waals surface area contributed by atoms with Crippen molar-refractivity contribution in [2.45, 2.75) is 38.3 Å². The van der Waals surface area contributed by atoms with Crippen LogP contribution in [0.15, 0.2) is 91.0 Å². The smallest absolute Gasteiger partial charge is 0.326 e. The summed E-state index contributed by atoms with van der Waals surface area (Å²) in [5.74, 6) is -1.70. The Labute approximate surface area is 209 Å². The topological polar surface area (TPSA) is 75.6 Å². The van der Waals surface area contributed by atoms with Crippen LogP contribution < -0.4 is 10.1 Å². The van der Waals surface area contributed by atoms with Crippen LogP contribution in [0.2, 0.25) is 0 Å². The molecule has 36 heavy (non-hydrogen) atoms. The number of carbonyl (C=O) groups is 2. The highest BCUT2D eigenvalue weighted by Gasteiger charge is 2.24. The SMILES string of the molecule is CC(CCc1ccccc1)Oc1c(C(=O)N[C@@H](Cc2ccc(F)cc2)C(=O)O)ccc2ccccc12. The first-order chi connectivity index (χ1) is 17.4. The number of amides is 1. The van der Waals surface area contributed by atoms with Crippen molar-refractivity contribution in [3.8, 4) is 5.75 Å². The van der Waals surface area contributed by atoms with Crippen molar-refractivity contribution in [3.05, 3.63) is 114 Å². The third kappa shape index (κ3) is 6.27. The van der Waals surface area contributed by atoms with Gasteiger partial charge in [0.05, 0.1) is 11.7 Å². The number of hydrogen-bond acceptors (Lipinski definition) is 3. The highest BCUT2D eigenvalue weighted by atomic mass is 19.1. The van der Waals surface area contributed by atoms with Crippen molar-refractivity contribution >= 4 is 22.6 Å². The van der Waals surface area contributed by atoms with Crippen molar-refractivity contribution < 1.29 is 23.8 Å². The predicted molar refractivity (Wildman–Crippen MR) is 138 cm³/mol. The second kappa shape index (κ2) is 11.5. The van der Waals surface area contributed by atoms with Crippen LogP contribution >= 0.6 is 0 Å². The molecule has 1 unspecified atom stereocenters. The summed E-state index contributed by atoms with van der Waals surface area (Å²) in [5, 5.41) is 14.0. The lowest BCUT2D eigenvalue weighted by molar-refractivity contribution is -0.139. The van der Waals surface area contributed by atoms with Crippen molar-refractivity contribution in [3.63, 3.8) is 0 Å². The molecule has 5 nitrogen and oxygen atoms in total. The molecule has 4 aromatic rings. The Morgan fingerprint density at radius 2 is 1.58 bits per heavy atom. The molecule has 0 aliphatic rings. The van der Waals surface area contributed by atoms with Crippen molar-refractivity contribution in [2.24, 2.45) is 0 Å². The van der Waals surface area contributed by atoms with Gasteiger partial charge in [0.25, 0.3) is 5.91 Å². The first-order valence-corrected chi connectivity index (χ1v) is 11.9. The van der Waals surface area contributed by atoms with Gasteiger partial charge in [-0.3, -0.25) is 4.79 Å². The lowest BCUT2D eigenvalue weighted by atomic mass is 10.0. The molecule has 184 valence electrons. The van der Waals surface area contributed by atoms with E-state index in [1.807, 2.05) is 55.5 Å². The van der Waals surface area contributed by atoms with E-state index in [0.717, 1.165) is 23.6 Å². The van der Waals surface area contributed by atoms with Gasteiger partial charge in [-0.05, 0) is 54.5 Å². The van der Waals surface area contributed by atoms with E-state index in [0.29, 0.717) is 11.3 Å². The third-order valence-electron chi connectivity index (χ3n) is 6.08. The fraction of sp³-hybridized carbons (Fsp3) is 0.200. The first kappa shape index (κ1) is 24.9. The van der Waals surface area contributed by atoms with E-state index in [4.69, 9.17) is 4.74 Å². The summed E-state index contributed by atoms with van der Waals surface area (Å²) in [4.78, 5) is 25.2. The normalized spacial score (nSPS) is 12.6. The third-order valence-corrected chi connectivity index (χ3v) is 6.08. The number of halogens is 1. The molecule has 4 aromatic carbocycles. The molecule has 0 spiro atoms. The summed E-state index contributed by atoms with van der Waals surface area (Å²) in [6.07, 6.45) is 1.42. The number of benzene rings is 4. The van der Waals surface area contributed by atoms with Crippen molar-refractivity contribution in [1.82, 2.24) is 5.32 Å². The van der Waals surface area contributed by atoms with Crippen molar-refractivity contribution in [1.29, 1.82) is 0 Å². The van der Waals surface area contributed by atoms with Crippen LogP contribution in [0.3, 0.4) is 0 Å². The van der Waals surface area contributed by atoms with Crippen LogP contribution in [0.4, 0.5) is 4.39 Å². The molecule has 0 radical (unpaired) electrons. The van der Waals surface area contributed by atoms with Gasteiger partial charge in [0.15, 0.2) is 0 Å². The Morgan fingerprint density at radius 1 is 0.889 bits per heavy atom. The fourth-order valence-corrected chi connectivity index (χ4v) is 4.12. The number of aryl methyl sites for hydroxylation is 1. The number of carbonyl (C=O) groups excluding carboxylic acids is 1. The van der Waals surface area contributed by atoms with Crippen LogP contribution in [0.5, 0.6) is 5.75 Å². The predicted octanol–water partition coefficient (Wildman–Crippen LogP) is 5.80. The van der Waals surface area contributed by atoms with Gasteiger partial charge in [-0.2, -0.15) is 0 Å². The minimum atomic E-state index is -1.18. The molecule has 0 bridgehead atoms. The van der Waals surface area contributed by atoms with Gasteiger partial charge < -0.3 is 15.2 Å². The minimum absolute atomic E-state index is 0.0264. The lowest BCUT2D eigenvalue weighted by Gasteiger charge is -2.21. The molecule has 0 aliphatic heterocycles. The van der Waals surface area contributed by atoms with Gasteiger partial charge in [0.1, 0.15) is 17.6 Å². The van der Waals surface area contributed by atoms with Gasteiger partial charge in [0, 0.05) is 11.8 Å². The minimum Gasteiger partial charge on any atom is -0.489 e. The van der Waals surface area contributed by atoms with E-state index in [9.17, 15) is 19.1 Å². The Kier molecular flexibility index (Phi) is 7.95. The number of rotatable bonds is 10. The van der Waals surface area contributed by atoms with Crippen LogP contribution in [-0.2, 0) is 17.6 Å². The Bertz CT molecular complexity index is 1340. The highest BCUT2D eigenvalue weighted by Crippen LogP contribution is 2.31. The molecule has 4 rings (SSSR count). The number of carboxylic acids is 1. The average Bonchev–Trinajstić information content (AvgIpc) is 2.89. The Balaban J connectivity index is 1.56. The van der Waals surface area contributed by atoms with Crippen LogP contribution in [-0.4, -0.2) is 29.1 Å². The zero-order valence-corrected chi connectivity index (χ0v) is 20.0. The first-order valence-electron chi connectivity index (χ1n) is 11.9. The number of aliphatic carboxylic acids is 1. The molecule has 6 heteroatoms. The van der Waals surface area contributed by atoms with Gasteiger partial charge in [-0.15, -0.1) is 0 Å². The monoisotopic (exact) mass is 485 g/mol. The molecular formula is C30H28FNO4. The maximum absolute atomic E-state index is 13.3. The molecule has 0 aromatic heterocycles. The van der Waals surface area contributed by atoms with E-state index in [2.05, 4.69) is 17.4 Å². The van der Waals surface area contributed by atoms with Crippen LogP contribution in [0, 0.1) is 5.82 Å². The van der Waals surface area contributed by atoms with Crippen LogP contribution in [0.25, 0.3) is 10.8 Å². The van der Waals surface area contributed by atoms with Crippen LogP contribution in [0.1, 0.15) is 34.8 Å². The molecular weight excluding hydrogens is 457 g/mol. The molecule has 0 saturated carbocycles. The molecule has 1 amide bonds. The second-order valence-corrected chi connectivity index (χ2v) is 8.81. The maximum Gasteiger partial charge on any atom is 0.326 e. The van der Waals surface area contributed by atoms with E-state index in [1.165, 1.54) is 29.8 Å². The summed E-state index contributed by atoms with van der Waals surface area (Å²) in [5.41, 5.74) is 2.08. The van der Waals surface area contributed by atoms with Gasteiger partial charge >= 0.3 is 5.97 Å². The number of fused-ring (bicyclic) bond motifs is 1. The molecule has 2 N–H and O–H groups in total. The molecule has 0 aliphatic carbocycles.